The number of furan rings is 3. The third-order valence-corrected chi connectivity index (χ3v) is 28.9. The summed E-state index contributed by atoms with van der Waals surface area (Å²) >= 11 is 0. The van der Waals surface area contributed by atoms with Gasteiger partial charge in [-0.2, -0.15) is 0 Å². The second-order valence-electron chi connectivity index (χ2n) is 38.1. The van der Waals surface area contributed by atoms with Crippen LogP contribution in [0.3, 0.4) is 0 Å². The summed E-state index contributed by atoms with van der Waals surface area (Å²) in [6, 6.07) is 209. The van der Waals surface area contributed by atoms with Gasteiger partial charge in [-0.25, -0.2) is 0 Å². The number of benzene rings is 25. The van der Waals surface area contributed by atoms with Crippen molar-refractivity contribution in [1.29, 1.82) is 0 Å². The van der Waals surface area contributed by atoms with Crippen molar-refractivity contribution < 1.29 is 13.3 Å². The molecule has 0 aliphatic rings. The first-order valence-corrected chi connectivity index (χ1v) is 51.1. The predicted molar refractivity (Wildman–Crippen MR) is 632 cm³/mol. The van der Waals surface area contributed by atoms with Gasteiger partial charge in [0, 0.05) is 66.4 Å². The molecule has 0 atom stereocenters. The van der Waals surface area contributed by atoms with Gasteiger partial charge < -0.3 is 28.0 Å². The van der Waals surface area contributed by atoms with Gasteiger partial charge in [-0.05, 0) is 259 Å². The minimum absolute atomic E-state index is 0.871. The second kappa shape index (κ2) is 40.0. The Bertz CT molecular complexity index is 9650. The van der Waals surface area contributed by atoms with E-state index in [1.54, 1.807) is 0 Å². The van der Waals surface area contributed by atoms with Crippen molar-refractivity contribution in [2.75, 3.05) is 14.7 Å². The van der Waals surface area contributed by atoms with Gasteiger partial charge >= 0.3 is 0 Å². The Morgan fingerprint density at radius 1 is 0.113 bits per heavy atom. The molecule has 150 heavy (non-hydrogen) atoms. The van der Waals surface area contributed by atoms with E-state index in [2.05, 4.69) is 585 Å². The summed E-state index contributed by atoms with van der Waals surface area (Å²) in [5.41, 5.74) is 38.3. The van der Waals surface area contributed by atoms with E-state index >= 15 is 0 Å². The van der Waals surface area contributed by atoms with Crippen molar-refractivity contribution >= 4 is 149 Å². The molecule has 0 saturated carbocycles. The monoisotopic (exact) mass is 1920 g/mol. The van der Waals surface area contributed by atoms with Crippen LogP contribution in [-0.2, 0) is 0 Å². The molecule has 3 aromatic heterocycles. The Balaban J connectivity index is 0.000000114. The van der Waals surface area contributed by atoms with E-state index in [4.69, 9.17) is 13.3 Å². The van der Waals surface area contributed by atoms with Crippen LogP contribution in [0.4, 0.5) is 51.2 Å². The molecule has 0 fully saturated rings. The maximum atomic E-state index is 6.77. The Hall–Kier alpha value is -19.9. The number of nitrogens with zero attached hydrogens (tertiary/aromatic N) is 3. The summed E-state index contributed by atoms with van der Waals surface area (Å²) in [6.07, 6.45) is 0. The molecule has 0 spiro atoms. The highest BCUT2D eigenvalue weighted by Crippen LogP contribution is 2.52. The Labute approximate surface area is 870 Å². The highest BCUT2D eigenvalue weighted by atomic mass is 16.3. The van der Waals surface area contributed by atoms with E-state index in [1.165, 1.54) is 121 Å². The molecule has 0 saturated heterocycles. The maximum Gasteiger partial charge on any atom is 0.160 e. The molecule has 25 aromatic carbocycles. The molecule has 0 unspecified atom stereocenters. The van der Waals surface area contributed by atoms with E-state index in [9.17, 15) is 0 Å². The normalized spacial score (nSPS) is 11.3. The molecule has 706 valence electrons. The van der Waals surface area contributed by atoms with Gasteiger partial charge in [0.2, 0.25) is 0 Å². The quantitative estimate of drug-likeness (QED) is 0.0804. The molecular weight excluding hydrogens is 1820 g/mol. The summed E-state index contributed by atoms with van der Waals surface area (Å²) in [7, 11) is 0. The number of fused-ring (bicyclic) bond motifs is 15. The van der Waals surface area contributed by atoms with Crippen LogP contribution in [0.5, 0.6) is 0 Å². The minimum atomic E-state index is 0.871. The zero-order valence-electron chi connectivity index (χ0n) is 82.1. The van der Waals surface area contributed by atoms with E-state index in [1.807, 2.05) is 18.2 Å². The molecule has 6 heteroatoms. The molecule has 0 aliphatic heterocycles. The fourth-order valence-corrected chi connectivity index (χ4v) is 21.6. The van der Waals surface area contributed by atoms with Crippen molar-refractivity contribution in [3.8, 4) is 111 Å². The summed E-state index contributed by atoms with van der Waals surface area (Å²) in [5.74, 6) is 0. The van der Waals surface area contributed by atoms with Crippen LogP contribution in [0.25, 0.3) is 209 Å². The lowest BCUT2D eigenvalue weighted by molar-refractivity contribution is 0.669. The molecule has 3 heterocycles. The van der Waals surface area contributed by atoms with Gasteiger partial charge in [0.25, 0.3) is 0 Å². The van der Waals surface area contributed by atoms with Gasteiger partial charge in [0.05, 0.1) is 17.1 Å². The van der Waals surface area contributed by atoms with Crippen LogP contribution in [0.2, 0.25) is 0 Å². The van der Waals surface area contributed by atoms with Crippen molar-refractivity contribution in [3.63, 3.8) is 0 Å². The standard InChI is InChI=1S/C52H35NO.2C46H31NO/c1-3-11-36(12-4-1)38-19-23-40(24-20-38)42-27-31-45(32-28-42)53(46-33-29-43(30-34-46)41-25-21-39(22-26-41)37-13-5-2-6-14-37)49-35-44-15-7-8-16-47(44)51-48-17-9-10-18-50(48)54-52(49)51;1-3-14-32(15-4-1)34-19-11-20-35(28-34)37-22-13-24-40(30-37)47(39-23-12-21-36(29-39)33-16-5-2-6-17-33)43-31-38-18-7-8-25-41(38)45-42-26-9-10-27-44(42)48-46(43)45;1-3-13-32(14-4-1)34-25-27-35(28-26-34)37-19-12-21-40(30-37)47(39-20-11-18-36(29-39)33-15-5-2-6-16-33)43-31-38-17-7-8-22-41(38)45-42-23-9-10-24-44(42)48-46(43)45/h1-35H;2*1-31H. The molecule has 0 bridgehead atoms. The van der Waals surface area contributed by atoms with Crippen molar-refractivity contribution in [1.82, 2.24) is 0 Å². The topological polar surface area (TPSA) is 49.1 Å². The van der Waals surface area contributed by atoms with E-state index < -0.39 is 0 Å². The van der Waals surface area contributed by atoms with Crippen LogP contribution in [-0.4, -0.2) is 0 Å². The van der Waals surface area contributed by atoms with Gasteiger partial charge in [0.1, 0.15) is 16.7 Å². The van der Waals surface area contributed by atoms with Gasteiger partial charge in [0.15, 0.2) is 16.7 Å². The first-order chi connectivity index (χ1) is 74.4. The lowest BCUT2D eigenvalue weighted by atomic mass is 9.98. The second-order valence-corrected chi connectivity index (χ2v) is 38.1. The van der Waals surface area contributed by atoms with Crippen LogP contribution in [0.15, 0.2) is 602 Å². The molecule has 0 aliphatic carbocycles. The third-order valence-electron chi connectivity index (χ3n) is 28.9. The van der Waals surface area contributed by atoms with Crippen LogP contribution >= 0.6 is 0 Å². The fraction of sp³-hybridized carbons (Fsp3) is 0. The number of rotatable bonds is 19. The molecule has 0 amide bonds. The lowest BCUT2D eigenvalue weighted by Crippen LogP contribution is -2.10. The first-order valence-electron chi connectivity index (χ1n) is 51.1. The maximum absolute atomic E-state index is 6.77. The number of hydrogen-bond donors (Lipinski definition) is 0. The SMILES string of the molecule is c1ccc(-c2ccc(-c3ccc(N(c4ccc(-c5ccc(-c6ccccc6)cc5)cc4)c4cc5ccccc5c5c4oc4ccccc45)cc3)cc2)cc1.c1ccc(-c2ccc(-c3cccc(N(c4cccc(-c5ccccc5)c4)c4cc5ccccc5c5c4oc4ccccc45)c3)cc2)cc1.c1ccc(-c2cccc(-c3cccc(N(c4cccc(-c5ccccc5)c4)c4cc5ccccc5c5c4oc4ccccc45)c3)c2)cc1. The van der Waals surface area contributed by atoms with E-state index in [0.29, 0.717) is 0 Å². The van der Waals surface area contributed by atoms with Crippen molar-refractivity contribution in [3.05, 3.63) is 588 Å². The molecule has 28 aromatic rings. The van der Waals surface area contributed by atoms with Crippen molar-refractivity contribution in [2.24, 2.45) is 0 Å². The summed E-state index contributed by atoms with van der Waals surface area (Å²) < 4.78 is 20.3. The van der Waals surface area contributed by atoms with E-state index in [-0.39, 0.29) is 0 Å². The molecule has 0 N–H and O–H groups in total. The Morgan fingerprint density at radius 3 is 0.553 bits per heavy atom. The summed E-state index contributed by atoms with van der Waals surface area (Å²) in [4.78, 5) is 7.04. The highest BCUT2D eigenvalue weighted by molar-refractivity contribution is 6.26. The summed E-state index contributed by atoms with van der Waals surface area (Å²) in [5, 5.41) is 13.8. The zero-order chi connectivity index (χ0) is 99.6. The fourth-order valence-electron chi connectivity index (χ4n) is 21.6. The largest absolute Gasteiger partial charge is 0.454 e. The van der Waals surface area contributed by atoms with Crippen LogP contribution in [0, 0.1) is 0 Å². The summed E-state index contributed by atoms with van der Waals surface area (Å²) in [6.45, 7) is 0. The third kappa shape index (κ3) is 17.7. The minimum Gasteiger partial charge on any atom is -0.454 e. The number of para-hydroxylation sites is 3. The average Bonchev–Trinajstić information content (AvgIpc) is 1.57. The smallest absolute Gasteiger partial charge is 0.160 e. The first kappa shape index (κ1) is 90.1. The molecule has 28 rings (SSSR count). The van der Waals surface area contributed by atoms with Gasteiger partial charge in [-0.1, -0.05) is 473 Å². The lowest BCUT2D eigenvalue weighted by Gasteiger charge is -2.27. The molecule has 0 radical (unpaired) electrons. The van der Waals surface area contributed by atoms with Crippen molar-refractivity contribution in [2.45, 2.75) is 0 Å². The molecular formula is C144H97N3O3. The van der Waals surface area contributed by atoms with Crippen LogP contribution in [0.1, 0.15) is 0 Å². The van der Waals surface area contributed by atoms with Gasteiger partial charge in [-0.15, -0.1) is 0 Å². The van der Waals surface area contributed by atoms with E-state index in [0.717, 1.165) is 139 Å². The number of anilines is 9. The average molecular weight is 1920 g/mol. The Kier molecular flexibility index (Phi) is 24.0. The predicted octanol–water partition coefficient (Wildman–Crippen LogP) is 41.3. The van der Waals surface area contributed by atoms with Crippen LogP contribution < -0.4 is 14.7 Å². The number of hydrogen-bond acceptors (Lipinski definition) is 6. The van der Waals surface area contributed by atoms with Gasteiger partial charge in [-0.3, -0.25) is 0 Å². The molecule has 6 nitrogen and oxygen atoms in total. The highest BCUT2D eigenvalue weighted by Gasteiger charge is 2.28. The zero-order valence-corrected chi connectivity index (χ0v) is 82.1. The Morgan fingerprint density at radius 2 is 0.287 bits per heavy atom.